The van der Waals surface area contributed by atoms with E-state index >= 15 is 0 Å². The van der Waals surface area contributed by atoms with E-state index in [4.69, 9.17) is 0 Å². The van der Waals surface area contributed by atoms with Gasteiger partial charge in [-0.15, -0.1) is 24.0 Å². The molecule has 0 heterocycles. The Labute approximate surface area is 152 Å². The number of guanidine groups is 1. The van der Waals surface area contributed by atoms with Crippen molar-refractivity contribution in [1.82, 2.24) is 10.6 Å². The summed E-state index contributed by atoms with van der Waals surface area (Å²) in [6.45, 7) is 2.32. The molecular formula is C15H24F3IN4. The summed E-state index contributed by atoms with van der Waals surface area (Å²) in [5.41, 5.74) is 3.29. The summed E-state index contributed by atoms with van der Waals surface area (Å²) in [7, 11) is 5.48. The summed E-state index contributed by atoms with van der Waals surface area (Å²) < 4.78 is 36.3. The Balaban J connectivity index is 0.00000484. The molecule has 23 heavy (non-hydrogen) atoms. The molecule has 0 amide bonds. The maximum absolute atomic E-state index is 12.1. The molecule has 0 unspecified atom stereocenters. The lowest BCUT2D eigenvalue weighted by Gasteiger charge is -2.17. The molecule has 0 atom stereocenters. The largest absolute Gasteiger partial charge is 0.390 e. The Hall–Kier alpha value is -1.19. The number of nitrogens with zero attached hydrogens (tertiary/aromatic N) is 2. The minimum Gasteiger partial charge on any atom is -0.378 e. The van der Waals surface area contributed by atoms with Gasteiger partial charge in [-0.3, -0.25) is 4.99 Å². The standard InChI is InChI=1S/C15H23F3N4.HI/c1-11-9-13(22(3)4)6-5-12(11)10-21-14(19-2)20-8-7-15(16,17)18;/h5-6,9H,7-8,10H2,1-4H3,(H2,19,20,21);1H. The van der Waals surface area contributed by atoms with Gasteiger partial charge in [0.15, 0.2) is 5.96 Å². The fraction of sp³-hybridized carbons (Fsp3) is 0.533. The molecule has 0 saturated heterocycles. The van der Waals surface area contributed by atoms with Crippen LogP contribution in [-0.2, 0) is 6.54 Å². The highest BCUT2D eigenvalue weighted by molar-refractivity contribution is 14.0. The number of aliphatic imine (C=N–C) groups is 1. The third-order valence-electron chi connectivity index (χ3n) is 3.21. The lowest BCUT2D eigenvalue weighted by atomic mass is 10.1. The lowest BCUT2D eigenvalue weighted by molar-refractivity contribution is -0.132. The van der Waals surface area contributed by atoms with Gasteiger partial charge in [0.05, 0.1) is 6.42 Å². The second-order valence-electron chi connectivity index (χ2n) is 5.22. The lowest BCUT2D eigenvalue weighted by Crippen LogP contribution is -2.38. The zero-order valence-electron chi connectivity index (χ0n) is 13.8. The molecule has 0 aliphatic heterocycles. The zero-order valence-corrected chi connectivity index (χ0v) is 16.1. The number of hydrogen-bond donors (Lipinski definition) is 2. The van der Waals surface area contributed by atoms with Crippen molar-refractivity contribution in [3.05, 3.63) is 29.3 Å². The molecule has 2 N–H and O–H groups in total. The highest BCUT2D eigenvalue weighted by atomic mass is 127. The summed E-state index contributed by atoms with van der Waals surface area (Å²) in [6.07, 6.45) is -5.05. The molecule has 0 aliphatic carbocycles. The third-order valence-corrected chi connectivity index (χ3v) is 3.21. The van der Waals surface area contributed by atoms with Crippen molar-refractivity contribution in [3.8, 4) is 0 Å². The monoisotopic (exact) mass is 444 g/mol. The van der Waals surface area contributed by atoms with Crippen LogP contribution in [0.2, 0.25) is 0 Å². The topological polar surface area (TPSA) is 39.7 Å². The summed E-state index contributed by atoms with van der Waals surface area (Å²) in [5, 5.41) is 5.68. The van der Waals surface area contributed by atoms with Crippen LogP contribution in [0.3, 0.4) is 0 Å². The Kier molecular flexibility index (Phi) is 9.33. The van der Waals surface area contributed by atoms with E-state index in [1.807, 2.05) is 38.1 Å². The first-order chi connectivity index (χ1) is 10.2. The molecule has 0 spiro atoms. The molecule has 4 nitrogen and oxygen atoms in total. The molecule has 0 bridgehead atoms. The Morgan fingerprint density at radius 3 is 2.35 bits per heavy atom. The number of aryl methyl sites for hydroxylation is 1. The Bertz CT molecular complexity index is 516. The van der Waals surface area contributed by atoms with E-state index < -0.39 is 12.6 Å². The van der Waals surface area contributed by atoms with Crippen LogP contribution in [0.25, 0.3) is 0 Å². The predicted octanol–water partition coefficient (Wildman–Crippen LogP) is 3.30. The van der Waals surface area contributed by atoms with Gasteiger partial charge >= 0.3 is 6.18 Å². The second kappa shape index (κ2) is 9.84. The van der Waals surface area contributed by atoms with Crippen LogP contribution in [0, 0.1) is 6.92 Å². The Morgan fingerprint density at radius 2 is 1.87 bits per heavy atom. The van der Waals surface area contributed by atoms with Crippen LogP contribution >= 0.6 is 24.0 Å². The molecule has 1 rings (SSSR count). The second-order valence-corrected chi connectivity index (χ2v) is 5.22. The van der Waals surface area contributed by atoms with E-state index in [1.165, 1.54) is 7.05 Å². The number of nitrogens with one attached hydrogen (secondary N) is 2. The van der Waals surface area contributed by atoms with Gasteiger partial charge in [-0.2, -0.15) is 13.2 Å². The first-order valence-corrected chi connectivity index (χ1v) is 7.01. The molecule has 132 valence electrons. The van der Waals surface area contributed by atoms with Gasteiger partial charge in [0, 0.05) is 39.9 Å². The maximum atomic E-state index is 12.1. The molecule has 1 aromatic rings. The molecule has 0 saturated carbocycles. The van der Waals surface area contributed by atoms with Crippen LogP contribution in [0.15, 0.2) is 23.2 Å². The van der Waals surface area contributed by atoms with Gasteiger partial charge in [0.1, 0.15) is 0 Å². The van der Waals surface area contributed by atoms with Crippen molar-refractivity contribution < 1.29 is 13.2 Å². The minimum atomic E-state index is -4.16. The van der Waals surface area contributed by atoms with Crippen LogP contribution in [-0.4, -0.2) is 39.8 Å². The predicted molar refractivity (Wildman–Crippen MR) is 99.8 cm³/mol. The van der Waals surface area contributed by atoms with Gasteiger partial charge in [0.2, 0.25) is 0 Å². The van der Waals surface area contributed by atoms with Crippen LogP contribution < -0.4 is 15.5 Å². The van der Waals surface area contributed by atoms with E-state index in [2.05, 4.69) is 21.7 Å². The van der Waals surface area contributed by atoms with Gasteiger partial charge in [-0.25, -0.2) is 0 Å². The molecule has 0 fully saturated rings. The summed E-state index contributed by atoms with van der Waals surface area (Å²) in [6, 6.07) is 6.07. The zero-order chi connectivity index (χ0) is 16.8. The van der Waals surface area contributed by atoms with Crippen molar-refractivity contribution in [1.29, 1.82) is 0 Å². The average Bonchev–Trinajstić information content (AvgIpc) is 2.42. The first-order valence-electron chi connectivity index (χ1n) is 7.01. The SMILES string of the molecule is CN=C(NCCC(F)(F)F)NCc1ccc(N(C)C)cc1C.I. The fourth-order valence-electron chi connectivity index (χ4n) is 1.88. The van der Waals surface area contributed by atoms with E-state index in [0.29, 0.717) is 12.5 Å². The molecular weight excluding hydrogens is 420 g/mol. The van der Waals surface area contributed by atoms with Crippen LogP contribution in [0.4, 0.5) is 18.9 Å². The molecule has 0 radical (unpaired) electrons. The summed E-state index contributed by atoms with van der Waals surface area (Å²) in [4.78, 5) is 5.93. The van der Waals surface area contributed by atoms with E-state index in [0.717, 1.165) is 16.8 Å². The van der Waals surface area contributed by atoms with Crippen molar-refractivity contribution in [3.63, 3.8) is 0 Å². The highest BCUT2D eigenvalue weighted by Crippen LogP contribution is 2.18. The van der Waals surface area contributed by atoms with Crippen molar-refractivity contribution in [2.75, 3.05) is 32.6 Å². The fourth-order valence-corrected chi connectivity index (χ4v) is 1.88. The van der Waals surface area contributed by atoms with Crippen LogP contribution in [0.1, 0.15) is 17.5 Å². The summed E-state index contributed by atoms with van der Waals surface area (Å²) in [5.74, 6) is 0.361. The average molecular weight is 444 g/mol. The highest BCUT2D eigenvalue weighted by Gasteiger charge is 2.26. The molecule has 0 aliphatic rings. The molecule has 0 aromatic heterocycles. The number of rotatable bonds is 5. The van der Waals surface area contributed by atoms with Crippen molar-refractivity contribution in [2.45, 2.75) is 26.1 Å². The van der Waals surface area contributed by atoms with E-state index in [1.54, 1.807) is 0 Å². The number of hydrogen-bond acceptors (Lipinski definition) is 2. The molecule has 8 heteroatoms. The number of anilines is 1. The quantitative estimate of drug-likeness (QED) is 0.416. The summed E-state index contributed by atoms with van der Waals surface area (Å²) >= 11 is 0. The van der Waals surface area contributed by atoms with E-state index in [-0.39, 0.29) is 30.5 Å². The van der Waals surface area contributed by atoms with E-state index in [9.17, 15) is 13.2 Å². The number of halogens is 4. The van der Waals surface area contributed by atoms with Gasteiger partial charge in [0.25, 0.3) is 0 Å². The van der Waals surface area contributed by atoms with Gasteiger partial charge in [-0.05, 0) is 30.2 Å². The normalized spacial score (nSPS) is 11.7. The third kappa shape index (κ3) is 8.29. The van der Waals surface area contributed by atoms with Gasteiger partial charge in [-0.1, -0.05) is 6.07 Å². The number of benzene rings is 1. The minimum absolute atomic E-state index is 0. The van der Waals surface area contributed by atoms with Crippen LogP contribution in [0.5, 0.6) is 0 Å². The van der Waals surface area contributed by atoms with Gasteiger partial charge < -0.3 is 15.5 Å². The first kappa shape index (κ1) is 21.8. The number of alkyl halides is 3. The molecule has 1 aromatic carbocycles. The Morgan fingerprint density at radius 1 is 1.22 bits per heavy atom. The maximum Gasteiger partial charge on any atom is 0.390 e. The van der Waals surface area contributed by atoms with Crippen molar-refractivity contribution >= 4 is 35.6 Å². The smallest absolute Gasteiger partial charge is 0.378 e. The van der Waals surface area contributed by atoms with Crippen molar-refractivity contribution in [2.24, 2.45) is 4.99 Å².